The van der Waals surface area contributed by atoms with E-state index >= 15 is 0 Å². The first-order chi connectivity index (χ1) is 7.36. The van der Waals surface area contributed by atoms with E-state index in [1.807, 2.05) is 0 Å². The van der Waals surface area contributed by atoms with E-state index in [1.165, 1.54) is 0 Å². The van der Waals surface area contributed by atoms with Crippen molar-refractivity contribution in [3.63, 3.8) is 0 Å². The molecule has 1 aromatic carbocycles. The summed E-state index contributed by atoms with van der Waals surface area (Å²) in [6.45, 7) is 0. The number of Topliss-reactive ketones (excluding diaryl/α,β-unsaturated/α-hetero) is 1. The number of carbonyl (C=O) groups is 1. The lowest BCUT2D eigenvalue weighted by atomic mass is 10.0. The van der Waals surface area contributed by atoms with Crippen LogP contribution in [0.15, 0.2) is 24.3 Å². The fraction of sp³-hybridized carbons (Fsp3) is 0.200. The van der Waals surface area contributed by atoms with Crippen LogP contribution in [0.4, 0.5) is 17.6 Å². The number of hydrogen-bond donors (Lipinski definition) is 0. The van der Waals surface area contributed by atoms with Gasteiger partial charge in [0.05, 0.1) is 5.56 Å². The molecule has 1 atom stereocenters. The zero-order valence-electron chi connectivity index (χ0n) is 7.75. The molecule has 2 nitrogen and oxygen atoms in total. The van der Waals surface area contributed by atoms with Crippen molar-refractivity contribution in [2.75, 3.05) is 0 Å². The molecule has 0 spiro atoms. The lowest BCUT2D eigenvalue weighted by molar-refractivity contribution is -0.137. The summed E-state index contributed by atoms with van der Waals surface area (Å²) < 4.78 is 49.4. The maximum atomic E-state index is 12.6. The smallest absolute Gasteiger partial charge is 0.290 e. The van der Waals surface area contributed by atoms with Crippen molar-refractivity contribution < 1.29 is 22.4 Å². The lowest BCUT2D eigenvalue weighted by Gasteiger charge is -2.07. The zero-order chi connectivity index (χ0) is 12.3. The minimum absolute atomic E-state index is 0.469. The van der Waals surface area contributed by atoms with Crippen molar-refractivity contribution >= 4 is 5.78 Å². The topological polar surface area (TPSA) is 40.9 Å². The number of carbonyl (C=O) groups excluding carboxylic acids is 1. The first-order valence-electron chi connectivity index (χ1n) is 4.11. The normalized spacial score (nSPS) is 12.9. The predicted molar refractivity (Wildman–Crippen MR) is 46.3 cm³/mol. The van der Waals surface area contributed by atoms with E-state index in [9.17, 15) is 22.4 Å². The quantitative estimate of drug-likeness (QED) is 0.580. The fourth-order valence-electron chi connectivity index (χ4n) is 1.05. The number of hydrogen-bond acceptors (Lipinski definition) is 2. The van der Waals surface area contributed by atoms with Crippen molar-refractivity contribution in [2.45, 2.75) is 12.3 Å². The number of rotatable bonds is 2. The second-order valence-electron chi connectivity index (χ2n) is 2.93. The van der Waals surface area contributed by atoms with Crippen LogP contribution in [0, 0.1) is 11.3 Å². The Labute approximate surface area is 88.1 Å². The van der Waals surface area contributed by atoms with Crippen LogP contribution >= 0.6 is 0 Å². The maximum Gasteiger partial charge on any atom is 0.416 e. The Morgan fingerprint density at radius 1 is 1.38 bits per heavy atom. The molecule has 0 aliphatic heterocycles. The van der Waals surface area contributed by atoms with Gasteiger partial charge >= 0.3 is 6.18 Å². The molecule has 0 fully saturated rings. The van der Waals surface area contributed by atoms with E-state index in [2.05, 4.69) is 0 Å². The molecule has 0 saturated carbocycles. The number of nitriles is 1. The molecule has 0 radical (unpaired) electrons. The van der Waals surface area contributed by atoms with E-state index in [-0.39, 0.29) is 0 Å². The van der Waals surface area contributed by atoms with Crippen LogP contribution in [0.5, 0.6) is 0 Å². The molecule has 0 unspecified atom stereocenters. The summed E-state index contributed by atoms with van der Waals surface area (Å²) in [5.41, 5.74) is -1.52. The molecule has 0 aliphatic carbocycles. The van der Waals surface area contributed by atoms with Gasteiger partial charge in [-0.1, -0.05) is 12.1 Å². The molecule has 0 aliphatic rings. The van der Waals surface area contributed by atoms with Crippen LogP contribution < -0.4 is 0 Å². The number of halogens is 4. The molecule has 0 saturated heterocycles. The molecule has 0 N–H and O–H groups in total. The highest BCUT2D eigenvalue weighted by atomic mass is 19.4. The summed E-state index contributed by atoms with van der Waals surface area (Å²) in [5, 5.41) is 8.13. The average molecular weight is 231 g/mol. The number of nitrogens with zero attached hydrogens (tertiary/aromatic N) is 1. The molecule has 16 heavy (non-hydrogen) atoms. The van der Waals surface area contributed by atoms with Gasteiger partial charge in [0.25, 0.3) is 0 Å². The summed E-state index contributed by atoms with van der Waals surface area (Å²) in [4.78, 5) is 11.1. The largest absolute Gasteiger partial charge is 0.416 e. The molecule has 6 heteroatoms. The highest BCUT2D eigenvalue weighted by molar-refractivity contribution is 6.01. The summed E-state index contributed by atoms with van der Waals surface area (Å²) >= 11 is 0. The fourth-order valence-corrected chi connectivity index (χ4v) is 1.05. The monoisotopic (exact) mass is 231 g/mol. The van der Waals surface area contributed by atoms with Crippen LogP contribution in [-0.4, -0.2) is 12.0 Å². The Hall–Kier alpha value is -1.90. The molecule has 1 rings (SSSR count). The minimum atomic E-state index is -4.60. The van der Waals surface area contributed by atoms with Crippen LogP contribution in [0.3, 0.4) is 0 Å². The standard InChI is InChI=1S/C10H5F4NO/c11-8(5-15)9(16)6-2-1-3-7(4-6)10(12,13)14/h1-4,8H/t8-/m1/s1. The Morgan fingerprint density at radius 2 is 2.00 bits per heavy atom. The maximum absolute atomic E-state index is 12.6. The van der Waals surface area contributed by atoms with Crippen LogP contribution in [0.1, 0.15) is 15.9 Å². The Morgan fingerprint density at radius 3 is 2.50 bits per heavy atom. The van der Waals surface area contributed by atoms with E-state index < -0.39 is 29.3 Å². The molecule has 0 bridgehead atoms. The van der Waals surface area contributed by atoms with E-state index in [4.69, 9.17) is 5.26 Å². The number of benzene rings is 1. The van der Waals surface area contributed by atoms with Gasteiger partial charge in [0.2, 0.25) is 12.0 Å². The van der Waals surface area contributed by atoms with Crippen LogP contribution in [-0.2, 0) is 6.18 Å². The first-order valence-corrected chi connectivity index (χ1v) is 4.11. The lowest BCUT2D eigenvalue weighted by Crippen LogP contribution is -2.15. The molecule has 84 valence electrons. The minimum Gasteiger partial charge on any atom is -0.290 e. The summed E-state index contributed by atoms with van der Waals surface area (Å²) in [6.07, 6.45) is -7.04. The molecule has 0 heterocycles. The predicted octanol–water partition coefficient (Wildman–Crippen LogP) is 2.75. The Kier molecular flexibility index (Phi) is 3.28. The average Bonchev–Trinajstić information content (AvgIpc) is 2.26. The van der Waals surface area contributed by atoms with E-state index in [1.54, 1.807) is 0 Å². The van der Waals surface area contributed by atoms with Gasteiger partial charge in [0.1, 0.15) is 6.07 Å². The molecule has 0 aromatic heterocycles. The zero-order valence-corrected chi connectivity index (χ0v) is 7.75. The van der Waals surface area contributed by atoms with Gasteiger partial charge in [-0.05, 0) is 12.1 Å². The summed E-state index contributed by atoms with van der Waals surface area (Å²) in [5.74, 6) is -1.27. The van der Waals surface area contributed by atoms with Crippen LogP contribution in [0.2, 0.25) is 0 Å². The van der Waals surface area contributed by atoms with Gasteiger partial charge in [-0.2, -0.15) is 18.4 Å². The van der Waals surface area contributed by atoms with Gasteiger partial charge in [0, 0.05) is 5.56 Å². The van der Waals surface area contributed by atoms with E-state index in [0.717, 1.165) is 24.3 Å². The van der Waals surface area contributed by atoms with Crippen molar-refractivity contribution in [1.29, 1.82) is 5.26 Å². The highest BCUT2D eigenvalue weighted by Crippen LogP contribution is 2.29. The van der Waals surface area contributed by atoms with Gasteiger partial charge in [-0.25, -0.2) is 4.39 Å². The first kappa shape index (κ1) is 12.2. The Balaban J connectivity index is 3.10. The van der Waals surface area contributed by atoms with Crippen molar-refractivity contribution in [1.82, 2.24) is 0 Å². The molecular formula is C10H5F4NO. The van der Waals surface area contributed by atoms with Crippen molar-refractivity contribution in [2.24, 2.45) is 0 Å². The third-order valence-electron chi connectivity index (χ3n) is 1.82. The molecule has 0 amide bonds. The molecular weight excluding hydrogens is 226 g/mol. The number of alkyl halides is 4. The van der Waals surface area contributed by atoms with Crippen molar-refractivity contribution in [3.05, 3.63) is 35.4 Å². The van der Waals surface area contributed by atoms with Gasteiger partial charge in [-0.15, -0.1) is 0 Å². The highest BCUT2D eigenvalue weighted by Gasteiger charge is 2.31. The number of ketones is 1. The SMILES string of the molecule is N#C[C@@H](F)C(=O)c1cccc(C(F)(F)F)c1. The van der Waals surface area contributed by atoms with Crippen molar-refractivity contribution in [3.8, 4) is 6.07 Å². The second-order valence-corrected chi connectivity index (χ2v) is 2.93. The van der Waals surface area contributed by atoms with Gasteiger partial charge in [-0.3, -0.25) is 4.79 Å². The van der Waals surface area contributed by atoms with Gasteiger partial charge < -0.3 is 0 Å². The second kappa shape index (κ2) is 4.31. The summed E-state index contributed by atoms with van der Waals surface area (Å²) in [6, 6.07) is 4.32. The van der Waals surface area contributed by atoms with Crippen LogP contribution in [0.25, 0.3) is 0 Å². The third kappa shape index (κ3) is 2.57. The van der Waals surface area contributed by atoms with Gasteiger partial charge in [0.15, 0.2) is 0 Å². The Bertz CT molecular complexity index is 447. The molecule has 1 aromatic rings. The van der Waals surface area contributed by atoms with E-state index in [0.29, 0.717) is 6.07 Å². The third-order valence-corrected chi connectivity index (χ3v) is 1.82. The summed E-state index contributed by atoms with van der Waals surface area (Å²) in [7, 11) is 0.